The predicted molar refractivity (Wildman–Crippen MR) is 146 cm³/mol. The monoisotopic (exact) mass is 548 g/mol. The number of carbonyl (C=O) groups is 2. The van der Waals surface area contributed by atoms with E-state index in [1.807, 2.05) is 54.6 Å². The van der Waals surface area contributed by atoms with E-state index in [1.165, 1.54) is 12.1 Å². The van der Waals surface area contributed by atoms with Crippen molar-refractivity contribution in [2.45, 2.75) is 25.2 Å². The lowest BCUT2D eigenvalue weighted by Gasteiger charge is -2.22. The number of carboxylic acid groups (broad SMARTS) is 1. The van der Waals surface area contributed by atoms with Gasteiger partial charge in [-0.1, -0.05) is 66.7 Å². The molecule has 0 fully saturated rings. The average molecular weight is 549 g/mol. The molecule has 0 saturated heterocycles. The Kier molecular flexibility index (Phi) is 9.06. The van der Waals surface area contributed by atoms with Crippen LogP contribution in [0, 0.1) is 0 Å². The molecule has 6 nitrogen and oxygen atoms in total. The summed E-state index contributed by atoms with van der Waals surface area (Å²) in [6, 6.07) is 30.1. The number of nitrogens with one attached hydrogen (secondary N) is 2. The normalized spacial score (nSPS) is 11.9. The van der Waals surface area contributed by atoms with Gasteiger partial charge < -0.3 is 20.5 Å². The van der Waals surface area contributed by atoms with Gasteiger partial charge in [0.1, 0.15) is 5.75 Å². The maximum atomic E-state index is 12.6. The van der Waals surface area contributed by atoms with Gasteiger partial charge in [-0.15, -0.1) is 13.2 Å². The number of hydrogen-bond acceptors (Lipinski definition) is 4. The summed E-state index contributed by atoms with van der Waals surface area (Å²) in [4.78, 5) is 22.9. The SMILES string of the molecule is O=C(O)CCNC(=O)c1ccc(NC(Cc2ccc(-c3ccccc3)cc2)c2ccc(OC(F)(F)F)cc2)cc1. The molecule has 3 N–H and O–H groups in total. The molecule has 0 heterocycles. The van der Waals surface area contributed by atoms with E-state index in [9.17, 15) is 22.8 Å². The zero-order valence-corrected chi connectivity index (χ0v) is 21.3. The Morgan fingerprint density at radius 3 is 2.02 bits per heavy atom. The van der Waals surface area contributed by atoms with Gasteiger partial charge in [-0.05, 0) is 65.1 Å². The van der Waals surface area contributed by atoms with Crippen molar-refractivity contribution in [1.29, 1.82) is 0 Å². The van der Waals surface area contributed by atoms with Gasteiger partial charge in [0.25, 0.3) is 5.91 Å². The van der Waals surface area contributed by atoms with Crippen LogP contribution < -0.4 is 15.4 Å². The first-order valence-electron chi connectivity index (χ1n) is 12.5. The Labute approximate surface area is 229 Å². The standard InChI is InChI=1S/C31H27F3N2O4/c32-31(33,34)40-27-16-12-24(13-17-27)28(20-21-6-8-23(9-7-21)22-4-2-1-3-5-22)36-26-14-10-25(11-15-26)30(39)35-19-18-29(37)38/h1-17,28,36H,18-20H2,(H,35,39)(H,37,38). The van der Waals surface area contributed by atoms with Gasteiger partial charge >= 0.3 is 12.3 Å². The Balaban J connectivity index is 1.52. The fraction of sp³-hybridized carbons (Fsp3) is 0.161. The molecule has 0 aliphatic carbocycles. The Hall–Kier alpha value is -4.79. The molecule has 1 atom stereocenters. The van der Waals surface area contributed by atoms with E-state index in [-0.39, 0.29) is 30.7 Å². The molecule has 9 heteroatoms. The summed E-state index contributed by atoms with van der Waals surface area (Å²) >= 11 is 0. The number of carbonyl (C=O) groups excluding carboxylic acids is 1. The molecule has 0 aromatic heterocycles. The fourth-order valence-corrected chi connectivity index (χ4v) is 4.16. The van der Waals surface area contributed by atoms with Crippen LogP contribution in [-0.4, -0.2) is 29.9 Å². The van der Waals surface area contributed by atoms with Crippen molar-refractivity contribution in [3.8, 4) is 16.9 Å². The number of halogens is 3. The summed E-state index contributed by atoms with van der Waals surface area (Å²) in [6.07, 6.45) is -4.42. The summed E-state index contributed by atoms with van der Waals surface area (Å²) < 4.78 is 41.9. The number of carboxylic acids is 1. The number of alkyl halides is 3. The smallest absolute Gasteiger partial charge is 0.481 e. The quantitative estimate of drug-likeness (QED) is 0.191. The molecule has 0 aliphatic heterocycles. The van der Waals surface area contributed by atoms with Gasteiger partial charge in [-0.25, -0.2) is 0 Å². The molecule has 0 aliphatic rings. The van der Waals surface area contributed by atoms with E-state index in [4.69, 9.17) is 5.11 Å². The van der Waals surface area contributed by atoms with Gasteiger partial charge in [0.05, 0.1) is 12.5 Å². The Bertz CT molecular complexity index is 1410. The first-order valence-corrected chi connectivity index (χ1v) is 12.5. The largest absolute Gasteiger partial charge is 0.573 e. The Morgan fingerprint density at radius 1 is 0.800 bits per heavy atom. The third-order valence-corrected chi connectivity index (χ3v) is 6.13. The second-order valence-electron chi connectivity index (χ2n) is 9.06. The first-order chi connectivity index (χ1) is 19.2. The van der Waals surface area contributed by atoms with Crippen LogP contribution in [0.4, 0.5) is 18.9 Å². The van der Waals surface area contributed by atoms with Gasteiger partial charge in [-0.3, -0.25) is 9.59 Å². The molecule has 0 radical (unpaired) electrons. The minimum atomic E-state index is -4.78. The highest BCUT2D eigenvalue weighted by atomic mass is 19.4. The van der Waals surface area contributed by atoms with Gasteiger partial charge in [0.15, 0.2) is 0 Å². The summed E-state index contributed by atoms with van der Waals surface area (Å²) in [5.74, 6) is -1.69. The molecule has 4 rings (SSSR count). The highest BCUT2D eigenvalue weighted by Crippen LogP contribution is 2.29. The summed E-state index contributed by atoms with van der Waals surface area (Å²) in [7, 11) is 0. The summed E-state index contributed by atoms with van der Waals surface area (Å²) in [5, 5.41) is 14.7. The number of rotatable bonds is 11. The van der Waals surface area contributed by atoms with Crippen molar-refractivity contribution >= 4 is 17.6 Å². The number of amides is 1. The van der Waals surface area contributed by atoms with Crippen LogP contribution in [0.1, 0.15) is 33.9 Å². The van der Waals surface area contributed by atoms with Crippen molar-refractivity contribution in [1.82, 2.24) is 5.32 Å². The molecule has 1 amide bonds. The lowest BCUT2D eigenvalue weighted by atomic mass is 9.96. The number of ether oxygens (including phenoxy) is 1. The second-order valence-corrected chi connectivity index (χ2v) is 9.06. The van der Waals surface area contributed by atoms with Crippen LogP contribution >= 0.6 is 0 Å². The fourth-order valence-electron chi connectivity index (χ4n) is 4.16. The van der Waals surface area contributed by atoms with Crippen molar-refractivity contribution in [3.63, 3.8) is 0 Å². The highest BCUT2D eigenvalue weighted by molar-refractivity contribution is 5.94. The summed E-state index contributed by atoms with van der Waals surface area (Å²) in [6.45, 7) is 0.0212. The number of benzene rings is 4. The average Bonchev–Trinajstić information content (AvgIpc) is 2.93. The lowest BCUT2D eigenvalue weighted by molar-refractivity contribution is -0.274. The zero-order valence-electron chi connectivity index (χ0n) is 21.3. The van der Waals surface area contributed by atoms with E-state index in [1.54, 1.807) is 36.4 Å². The van der Waals surface area contributed by atoms with Crippen LogP contribution in [0.3, 0.4) is 0 Å². The van der Waals surface area contributed by atoms with Crippen molar-refractivity contribution in [2.75, 3.05) is 11.9 Å². The number of hydrogen-bond donors (Lipinski definition) is 3. The van der Waals surface area contributed by atoms with Crippen LogP contribution in [0.2, 0.25) is 0 Å². The summed E-state index contributed by atoms with van der Waals surface area (Å²) in [5.41, 5.74) is 5.00. The molecule has 4 aromatic rings. The topological polar surface area (TPSA) is 87.7 Å². The van der Waals surface area contributed by atoms with E-state index in [2.05, 4.69) is 15.4 Å². The van der Waals surface area contributed by atoms with Gasteiger partial charge in [-0.2, -0.15) is 0 Å². The van der Waals surface area contributed by atoms with Crippen molar-refractivity contribution < 1.29 is 32.6 Å². The van der Waals surface area contributed by atoms with E-state index >= 15 is 0 Å². The molecular formula is C31H27F3N2O4. The Morgan fingerprint density at radius 2 is 1.43 bits per heavy atom. The second kappa shape index (κ2) is 12.8. The van der Waals surface area contributed by atoms with Crippen molar-refractivity contribution in [2.24, 2.45) is 0 Å². The molecule has 4 aromatic carbocycles. The van der Waals surface area contributed by atoms with Crippen LogP contribution in [0.15, 0.2) is 103 Å². The van der Waals surface area contributed by atoms with Crippen LogP contribution in [-0.2, 0) is 11.2 Å². The molecule has 1 unspecified atom stereocenters. The molecule has 0 saturated carbocycles. The predicted octanol–water partition coefficient (Wildman–Crippen LogP) is 6.85. The molecule has 0 spiro atoms. The van der Waals surface area contributed by atoms with E-state index < -0.39 is 12.3 Å². The molecular weight excluding hydrogens is 521 g/mol. The van der Waals surface area contributed by atoms with Gasteiger partial charge in [0, 0.05) is 17.8 Å². The number of anilines is 1. The van der Waals surface area contributed by atoms with E-state index in [0.29, 0.717) is 17.7 Å². The molecule has 40 heavy (non-hydrogen) atoms. The maximum Gasteiger partial charge on any atom is 0.573 e. The lowest BCUT2D eigenvalue weighted by Crippen LogP contribution is -2.25. The van der Waals surface area contributed by atoms with Crippen LogP contribution in [0.25, 0.3) is 11.1 Å². The van der Waals surface area contributed by atoms with Gasteiger partial charge in [0.2, 0.25) is 0 Å². The van der Waals surface area contributed by atoms with Crippen molar-refractivity contribution in [3.05, 3.63) is 120 Å². The minimum Gasteiger partial charge on any atom is -0.481 e. The minimum absolute atomic E-state index is 0.0212. The molecule has 206 valence electrons. The maximum absolute atomic E-state index is 12.6. The van der Waals surface area contributed by atoms with E-state index in [0.717, 1.165) is 22.3 Å². The molecule has 0 bridgehead atoms. The third-order valence-electron chi connectivity index (χ3n) is 6.13. The highest BCUT2D eigenvalue weighted by Gasteiger charge is 2.31. The number of aliphatic carboxylic acids is 1. The zero-order chi connectivity index (χ0) is 28.5. The van der Waals surface area contributed by atoms with Crippen LogP contribution in [0.5, 0.6) is 5.75 Å². The third kappa shape index (κ3) is 8.36. The first kappa shape index (κ1) is 28.2.